The number of amides is 2. The molecule has 0 fully saturated rings. The third-order valence-corrected chi connectivity index (χ3v) is 4.68. The quantitative estimate of drug-likeness (QED) is 0.530. The van der Waals surface area contributed by atoms with E-state index in [0.717, 1.165) is 11.1 Å². The van der Waals surface area contributed by atoms with Crippen LogP contribution >= 0.6 is 0 Å². The summed E-state index contributed by atoms with van der Waals surface area (Å²) in [6, 6.07) is 24.6. The Balaban J connectivity index is 1.58. The molecule has 0 bridgehead atoms. The molecule has 1 unspecified atom stereocenters. The Labute approximate surface area is 176 Å². The van der Waals surface area contributed by atoms with Crippen molar-refractivity contribution in [1.29, 1.82) is 0 Å². The molecule has 0 saturated carbocycles. The highest BCUT2D eigenvalue weighted by atomic mass is 16.5. The normalized spacial score (nSPS) is 11.4. The van der Waals surface area contributed by atoms with E-state index in [1.165, 1.54) is 5.56 Å². The largest absolute Gasteiger partial charge is 0.497 e. The van der Waals surface area contributed by atoms with Gasteiger partial charge in [-0.3, -0.25) is 25.8 Å². The summed E-state index contributed by atoms with van der Waals surface area (Å²) >= 11 is 0. The van der Waals surface area contributed by atoms with Crippen LogP contribution in [-0.2, 0) is 4.79 Å². The van der Waals surface area contributed by atoms with Gasteiger partial charge in [0, 0.05) is 5.56 Å². The summed E-state index contributed by atoms with van der Waals surface area (Å²) in [5.41, 5.74) is 8.57. The minimum atomic E-state index is -0.399. The third-order valence-electron chi connectivity index (χ3n) is 4.68. The van der Waals surface area contributed by atoms with Gasteiger partial charge in [-0.2, -0.15) is 0 Å². The van der Waals surface area contributed by atoms with Crippen molar-refractivity contribution >= 4 is 11.8 Å². The van der Waals surface area contributed by atoms with Crippen LogP contribution < -0.4 is 20.9 Å². The van der Waals surface area contributed by atoms with Gasteiger partial charge < -0.3 is 4.74 Å². The van der Waals surface area contributed by atoms with E-state index in [0.29, 0.717) is 11.3 Å². The zero-order valence-corrected chi connectivity index (χ0v) is 17.0. The molecule has 0 saturated heterocycles. The molecule has 0 aliphatic rings. The van der Waals surface area contributed by atoms with Gasteiger partial charge in [-0.05, 0) is 42.3 Å². The first kappa shape index (κ1) is 21.1. The van der Waals surface area contributed by atoms with Crippen LogP contribution in [0.3, 0.4) is 0 Å². The molecule has 0 spiro atoms. The van der Waals surface area contributed by atoms with E-state index in [-0.39, 0.29) is 18.5 Å². The Kier molecular flexibility index (Phi) is 7.19. The second-order valence-corrected chi connectivity index (χ2v) is 6.87. The van der Waals surface area contributed by atoms with Crippen LogP contribution in [0, 0.1) is 6.92 Å². The van der Waals surface area contributed by atoms with Crippen molar-refractivity contribution in [3.8, 4) is 5.75 Å². The molecule has 0 radical (unpaired) electrons. The number of rotatable bonds is 7. The highest BCUT2D eigenvalue weighted by Crippen LogP contribution is 2.22. The van der Waals surface area contributed by atoms with Gasteiger partial charge in [-0.15, -0.1) is 0 Å². The van der Waals surface area contributed by atoms with Gasteiger partial charge in [0.25, 0.3) is 11.8 Å². The summed E-state index contributed by atoms with van der Waals surface area (Å²) in [4.78, 5) is 24.5. The highest BCUT2D eigenvalue weighted by Gasteiger charge is 2.15. The Hall–Kier alpha value is -3.64. The van der Waals surface area contributed by atoms with Crippen molar-refractivity contribution < 1.29 is 14.3 Å². The molecular formula is C24H25N3O3. The number of hydrogen-bond donors (Lipinski definition) is 3. The van der Waals surface area contributed by atoms with Gasteiger partial charge >= 0.3 is 0 Å². The molecule has 154 valence electrons. The number of carbonyl (C=O) groups excluding carboxylic acids is 2. The van der Waals surface area contributed by atoms with E-state index in [1.54, 1.807) is 31.4 Å². The fourth-order valence-electron chi connectivity index (χ4n) is 3.01. The second kappa shape index (κ2) is 10.2. The number of carbonyl (C=O) groups is 2. The molecular weight excluding hydrogens is 378 g/mol. The molecule has 0 aliphatic carbocycles. The van der Waals surface area contributed by atoms with Crippen LogP contribution in [0.4, 0.5) is 0 Å². The molecule has 3 aromatic carbocycles. The van der Waals surface area contributed by atoms with E-state index in [9.17, 15) is 9.59 Å². The average Bonchev–Trinajstić information content (AvgIpc) is 2.79. The molecule has 6 heteroatoms. The van der Waals surface area contributed by atoms with Gasteiger partial charge in [0.2, 0.25) is 0 Å². The molecule has 2 amide bonds. The number of hydrazine groups is 1. The maximum Gasteiger partial charge on any atom is 0.269 e. The lowest BCUT2D eigenvalue weighted by molar-refractivity contribution is -0.121. The molecule has 3 rings (SSSR count). The van der Waals surface area contributed by atoms with Crippen molar-refractivity contribution in [2.24, 2.45) is 0 Å². The summed E-state index contributed by atoms with van der Waals surface area (Å²) in [6.07, 6.45) is 0. The minimum absolute atomic E-state index is 0.0380. The zero-order valence-electron chi connectivity index (χ0n) is 17.0. The number of hydrogen-bond acceptors (Lipinski definition) is 4. The molecule has 30 heavy (non-hydrogen) atoms. The number of nitrogens with one attached hydrogen (secondary N) is 3. The fraction of sp³-hybridized carbons (Fsp3) is 0.167. The first-order valence-electron chi connectivity index (χ1n) is 9.65. The molecule has 0 heterocycles. The van der Waals surface area contributed by atoms with Gasteiger partial charge in [0.1, 0.15) is 5.75 Å². The molecule has 6 nitrogen and oxygen atoms in total. The number of benzene rings is 3. The van der Waals surface area contributed by atoms with Gasteiger partial charge in [-0.1, -0.05) is 60.2 Å². The molecule has 0 aliphatic heterocycles. The molecule has 1 atom stereocenters. The van der Waals surface area contributed by atoms with Crippen molar-refractivity contribution in [3.05, 3.63) is 101 Å². The number of ether oxygens (including phenoxy) is 1. The maximum atomic E-state index is 12.3. The lowest BCUT2D eigenvalue weighted by atomic mass is 9.98. The zero-order chi connectivity index (χ0) is 21.3. The van der Waals surface area contributed by atoms with E-state index >= 15 is 0 Å². The average molecular weight is 403 g/mol. The predicted octanol–water partition coefficient (Wildman–Crippen LogP) is 3.14. The smallest absolute Gasteiger partial charge is 0.269 e. The van der Waals surface area contributed by atoms with Crippen LogP contribution in [0.15, 0.2) is 78.9 Å². The van der Waals surface area contributed by atoms with E-state index in [4.69, 9.17) is 4.74 Å². The van der Waals surface area contributed by atoms with Crippen LogP contribution in [0.25, 0.3) is 0 Å². The van der Waals surface area contributed by atoms with Crippen LogP contribution in [0.2, 0.25) is 0 Å². The summed E-state index contributed by atoms with van der Waals surface area (Å²) in [5, 5.41) is 3.27. The van der Waals surface area contributed by atoms with Crippen LogP contribution in [0.5, 0.6) is 5.75 Å². The van der Waals surface area contributed by atoms with Crippen molar-refractivity contribution in [2.45, 2.75) is 13.0 Å². The SMILES string of the molecule is COc1ccc(C(=O)NNC(=O)CNC(c2ccccc2)c2ccc(C)cc2)cc1. The van der Waals surface area contributed by atoms with E-state index in [1.807, 2.05) is 61.5 Å². The lowest BCUT2D eigenvalue weighted by Gasteiger charge is -2.20. The standard InChI is InChI=1S/C24H25N3O3/c1-17-8-10-19(11-9-17)23(18-6-4-3-5-7-18)25-16-22(28)26-27-24(29)20-12-14-21(30-2)15-13-20/h3-15,23,25H,16H2,1-2H3,(H,26,28)(H,27,29). The summed E-state index contributed by atoms with van der Waals surface area (Å²) in [6.45, 7) is 2.07. The molecule has 3 aromatic rings. The Bertz CT molecular complexity index is 971. The summed E-state index contributed by atoms with van der Waals surface area (Å²) < 4.78 is 5.07. The Morgan fingerprint density at radius 1 is 0.833 bits per heavy atom. The summed E-state index contributed by atoms with van der Waals surface area (Å²) in [5.74, 6) is -0.0862. The van der Waals surface area contributed by atoms with Crippen molar-refractivity contribution in [1.82, 2.24) is 16.2 Å². The highest BCUT2D eigenvalue weighted by molar-refractivity contribution is 5.95. The summed E-state index contributed by atoms with van der Waals surface area (Å²) in [7, 11) is 1.56. The second-order valence-electron chi connectivity index (χ2n) is 6.87. The predicted molar refractivity (Wildman–Crippen MR) is 116 cm³/mol. The van der Waals surface area contributed by atoms with Gasteiger partial charge in [0.05, 0.1) is 19.7 Å². The first-order chi connectivity index (χ1) is 14.6. The first-order valence-corrected chi connectivity index (χ1v) is 9.65. The van der Waals surface area contributed by atoms with Gasteiger partial charge in [-0.25, -0.2) is 0 Å². The Morgan fingerprint density at radius 3 is 2.10 bits per heavy atom. The maximum absolute atomic E-state index is 12.3. The number of methoxy groups -OCH3 is 1. The van der Waals surface area contributed by atoms with E-state index < -0.39 is 5.91 Å². The topological polar surface area (TPSA) is 79.5 Å². The van der Waals surface area contributed by atoms with Crippen LogP contribution in [-0.4, -0.2) is 25.5 Å². The van der Waals surface area contributed by atoms with Crippen LogP contribution in [0.1, 0.15) is 33.1 Å². The van der Waals surface area contributed by atoms with Gasteiger partial charge in [0.15, 0.2) is 0 Å². The monoisotopic (exact) mass is 403 g/mol. The molecule has 0 aromatic heterocycles. The Morgan fingerprint density at radius 2 is 1.47 bits per heavy atom. The molecule has 3 N–H and O–H groups in total. The fourth-order valence-corrected chi connectivity index (χ4v) is 3.01. The van der Waals surface area contributed by atoms with E-state index in [2.05, 4.69) is 16.2 Å². The number of aryl methyl sites for hydroxylation is 1. The van der Waals surface area contributed by atoms with Crippen molar-refractivity contribution in [3.63, 3.8) is 0 Å². The van der Waals surface area contributed by atoms with Crippen molar-refractivity contribution in [2.75, 3.05) is 13.7 Å². The minimum Gasteiger partial charge on any atom is -0.497 e. The lowest BCUT2D eigenvalue weighted by Crippen LogP contribution is -2.46. The third kappa shape index (κ3) is 5.68.